The molecule has 0 fully saturated rings. The molecule has 0 radical (unpaired) electrons. The van der Waals surface area contributed by atoms with Crippen molar-refractivity contribution in [2.45, 2.75) is 48.0 Å². The standard InChI is InChI=1S/C10H22/c1-7-9(8(2)3)10(4,5)6/h8-9H,7H2,1-6H3/t9-/m1/s1. The van der Waals surface area contributed by atoms with Crippen molar-refractivity contribution in [1.29, 1.82) is 0 Å². The third-order valence-electron chi connectivity index (χ3n) is 2.36. The lowest BCUT2D eigenvalue weighted by atomic mass is 9.73. The van der Waals surface area contributed by atoms with Crippen LogP contribution >= 0.6 is 0 Å². The van der Waals surface area contributed by atoms with Gasteiger partial charge in [-0.25, -0.2) is 0 Å². The van der Waals surface area contributed by atoms with Crippen LogP contribution in [0.5, 0.6) is 0 Å². The van der Waals surface area contributed by atoms with Crippen LogP contribution in [0.4, 0.5) is 0 Å². The highest BCUT2D eigenvalue weighted by molar-refractivity contribution is 4.74. The molecule has 0 bridgehead atoms. The van der Waals surface area contributed by atoms with E-state index in [-0.39, 0.29) is 0 Å². The maximum Gasteiger partial charge on any atom is -0.0345 e. The molecule has 62 valence electrons. The van der Waals surface area contributed by atoms with Gasteiger partial charge >= 0.3 is 0 Å². The lowest BCUT2D eigenvalue weighted by molar-refractivity contribution is 0.172. The van der Waals surface area contributed by atoms with Crippen molar-refractivity contribution < 1.29 is 0 Å². The molecule has 0 aromatic rings. The second kappa shape index (κ2) is 3.41. The fourth-order valence-electron chi connectivity index (χ4n) is 2.08. The molecule has 0 spiro atoms. The summed E-state index contributed by atoms with van der Waals surface area (Å²) < 4.78 is 0. The van der Waals surface area contributed by atoms with Gasteiger partial charge in [0.2, 0.25) is 0 Å². The molecule has 0 heterocycles. The normalized spacial score (nSPS) is 15.9. The fraction of sp³-hybridized carbons (Fsp3) is 1.00. The first-order valence-corrected chi connectivity index (χ1v) is 4.39. The second-order valence-electron chi connectivity index (χ2n) is 4.62. The molecule has 0 unspecified atom stereocenters. The lowest BCUT2D eigenvalue weighted by Gasteiger charge is -2.33. The van der Waals surface area contributed by atoms with E-state index >= 15 is 0 Å². The van der Waals surface area contributed by atoms with E-state index in [0.29, 0.717) is 5.41 Å². The fourth-order valence-corrected chi connectivity index (χ4v) is 2.08. The quantitative estimate of drug-likeness (QED) is 0.551. The van der Waals surface area contributed by atoms with E-state index in [1.807, 2.05) is 0 Å². The number of hydrogen-bond acceptors (Lipinski definition) is 0. The minimum Gasteiger partial charge on any atom is -0.0651 e. The van der Waals surface area contributed by atoms with E-state index in [1.54, 1.807) is 0 Å². The third kappa shape index (κ3) is 2.72. The predicted octanol–water partition coefficient (Wildman–Crippen LogP) is 3.71. The molecule has 0 saturated heterocycles. The summed E-state index contributed by atoms with van der Waals surface area (Å²) in [5.74, 6) is 1.69. The highest BCUT2D eigenvalue weighted by Crippen LogP contribution is 2.33. The Morgan fingerprint density at radius 2 is 1.50 bits per heavy atom. The van der Waals surface area contributed by atoms with E-state index in [0.717, 1.165) is 11.8 Å². The van der Waals surface area contributed by atoms with Crippen LogP contribution in [0.15, 0.2) is 0 Å². The Hall–Kier alpha value is 0. The van der Waals surface area contributed by atoms with Crippen LogP contribution in [-0.4, -0.2) is 0 Å². The number of hydrogen-bond donors (Lipinski definition) is 0. The summed E-state index contributed by atoms with van der Waals surface area (Å²) in [6.07, 6.45) is 1.31. The monoisotopic (exact) mass is 142 g/mol. The van der Waals surface area contributed by atoms with Crippen LogP contribution in [-0.2, 0) is 0 Å². The zero-order chi connectivity index (χ0) is 8.36. The molecule has 0 heteroatoms. The van der Waals surface area contributed by atoms with Gasteiger partial charge in [-0.3, -0.25) is 0 Å². The first-order chi connectivity index (χ1) is 4.39. The molecule has 0 aromatic carbocycles. The zero-order valence-electron chi connectivity index (χ0n) is 8.36. The summed E-state index contributed by atoms with van der Waals surface area (Å²) in [6, 6.07) is 0. The SMILES string of the molecule is CC[C@H](C(C)C)C(C)(C)C. The van der Waals surface area contributed by atoms with Crippen LogP contribution in [0.25, 0.3) is 0 Å². The van der Waals surface area contributed by atoms with Gasteiger partial charge in [0.15, 0.2) is 0 Å². The van der Waals surface area contributed by atoms with Crippen LogP contribution < -0.4 is 0 Å². The van der Waals surface area contributed by atoms with Crippen molar-refractivity contribution in [3.8, 4) is 0 Å². The van der Waals surface area contributed by atoms with Crippen LogP contribution in [0, 0.1) is 17.3 Å². The predicted molar refractivity (Wildman–Crippen MR) is 48.1 cm³/mol. The van der Waals surface area contributed by atoms with Gasteiger partial charge in [-0.2, -0.15) is 0 Å². The summed E-state index contributed by atoms with van der Waals surface area (Å²) in [4.78, 5) is 0. The maximum absolute atomic E-state index is 2.33. The van der Waals surface area contributed by atoms with Gasteiger partial charge in [0.05, 0.1) is 0 Å². The Bertz CT molecular complexity index is 84.7. The maximum atomic E-state index is 2.33. The van der Waals surface area contributed by atoms with Crippen molar-refractivity contribution in [3.05, 3.63) is 0 Å². The Morgan fingerprint density at radius 3 is 1.50 bits per heavy atom. The van der Waals surface area contributed by atoms with E-state index in [9.17, 15) is 0 Å². The molecule has 0 aliphatic rings. The van der Waals surface area contributed by atoms with Gasteiger partial charge in [-0.15, -0.1) is 0 Å². The summed E-state index contributed by atoms with van der Waals surface area (Å²) in [5, 5.41) is 0. The molecule has 0 aliphatic carbocycles. The van der Waals surface area contributed by atoms with Crippen LogP contribution in [0.3, 0.4) is 0 Å². The van der Waals surface area contributed by atoms with Gasteiger partial charge in [-0.05, 0) is 17.3 Å². The molecule has 0 rings (SSSR count). The average Bonchev–Trinajstić information content (AvgIpc) is 1.60. The molecule has 0 saturated carbocycles. The first kappa shape index (κ1) is 10.0. The highest BCUT2D eigenvalue weighted by Gasteiger charge is 2.24. The summed E-state index contributed by atoms with van der Waals surface area (Å²) >= 11 is 0. The molecule has 0 N–H and O–H groups in total. The summed E-state index contributed by atoms with van der Waals surface area (Å²) in [5.41, 5.74) is 0.489. The smallest absolute Gasteiger partial charge is 0.0345 e. The van der Waals surface area contributed by atoms with Gasteiger partial charge in [0.25, 0.3) is 0 Å². The molecule has 1 atom stereocenters. The van der Waals surface area contributed by atoms with Crippen LogP contribution in [0.2, 0.25) is 0 Å². The Labute approximate surface area is 66.0 Å². The third-order valence-corrected chi connectivity index (χ3v) is 2.36. The Balaban J connectivity index is 4.07. The van der Waals surface area contributed by atoms with E-state index in [2.05, 4.69) is 41.5 Å². The molecule has 0 amide bonds. The van der Waals surface area contributed by atoms with E-state index < -0.39 is 0 Å². The largest absolute Gasteiger partial charge is 0.0651 e. The van der Waals surface area contributed by atoms with Crippen molar-refractivity contribution in [1.82, 2.24) is 0 Å². The minimum absolute atomic E-state index is 0.489. The van der Waals surface area contributed by atoms with Crippen molar-refractivity contribution in [3.63, 3.8) is 0 Å². The first-order valence-electron chi connectivity index (χ1n) is 4.39. The van der Waals surface area contributed by atoms with Gasteiger partial charge in [0, 0.05) is 0 Å². The number of rotatable bonds is 2. The Kier molecular flexibility index (Phi) is 3.41. The summed E-state index contributed by atoms with van der Waals surface area (Å²) in [7, 11) is 0. The zero-order valence-corrected chi connectivity index (χ0v) is 8.36. The second-order valence-corrected chi connectivity index (χ2v) is 4.62. The Morgan fingerprint density at radius 1 is 1.10 bits per heavy atom. The van der Waals surface area contributed by atoms with E-state index in [4.69, 9.17) is 0 Å². The van der Waals surface area contributed by atoms with Crippen LogP contribution in [0.1, 0.15) is 48.0 Å². The molecule has 0 aliphatic heterocycles. The van der Waals surface area contributed by atoms with E-state index in [1.165, 1.54) is 6.42 Å². The van der Waals surface area contributed by atoms with Gasteiger partial charge in [0.1, 0.15) is 0 Å². The topological polar surface area (TPSA) is 0 Å². The van der Waals surface area contributed by atoms with Crippen molar-refractivity contribution in [2.75, 3.05) is 0 Å². The van der Waals surface area contributed by atoms with Crippen molar-refractivity contribution >= 4 is 0 Å². The highest BCUT2D eigenvalue weighted by atomic mass is 14.3. The van der Waals surface area contributed by atoms with Gasteiger partial charge in [-0.1, -0.05) is 48.0 Å². The molecule has 0 nitrogen and oxygen atoms in total. The molecule has 0 aromatic heterocycles. The average molecular weight is 142 g/mol. The molecular weight excluding hydrogens is 120 g/mol. The minimum atomic E-state index is 0.489. The summed E-state index contributed by atoms with van der Waals surface area (Å²) in [6.45, 7) is 13.9. The lowest BCUT2D eigenvalue weighted by Crippen LogP contribution is -2.24. The van der Waals surface area contributed by atoms with Crippen molar-refractivity contribution in [2.24, 2.45) is 17.3 Å². The van der Waals surface area contributed by atoms with Gasteiger partial charge < -0.3 is 0 Å². The molecule has 10 heavy (non-hydrogen) atoms. The molecular formula is C10H22.